The van der Waals surface area contributed by atoms with Gasteiger partial charge in [-0.2, -0.15) is 0 Å². The molecule has 4 heteroatoms. The predicted octanol–water partition coefficient (Wildman–Crippen LogP) is 2.64. The number of rotatable bonds is 1. The van der Waals surface area contributed by atoms with Crippen molar-refractivity contribution < 1.29 is 0 Å². The maximum Gasteiger partial charge on any atom is 0.127 e. The second-order valence-corrected chi connectivity index (χ2v) is 2.33. The summed E-state index contributed by atoms with van der Waals surface area (Å²) in [5.74, 6) is 0.435. The van der Waals surface area contributed by atoms with Gasteiger partial charge in [0.15, 0.2) is 0 Å². The molecule has 0 aliphatic rings. The summed E-state index contributed by atoms with van der Waals surface area (Å²) >= 11 is 0. The van der Waals surface area contributed by atoms with Gasteiger partial charge in [0.1, 0.15) is 5.82 Å². The summed E-state index contributed by atoms with van der Waals surface area (Å²) in [5, 5.41) is 3.40. The van der Waals surface area contributed by atoms with Gasteiger partial charge in [0.05, 0.1) is 0 Å². The lowest BCUT2D eigenvalue weighted by atomic mass is 10.2. The molecule has 0 aliphatic carbocycles. The zero-order valence-corrected chi connectivity index (χ0v) is 6.44. The molecule has 0 amide bonds. The molecule has 0 spiro atoms. The van der Waals surface area contributed by atoms with Gasteiger partial charge < -0.3 is 0 Å². The van der Waals surface area contributed by atoms with E-state index in [4.69, 9.17) is 5.53 Å². The summed E-state index contributed by atoms with van der Waals surface area (Å²) in [6.07, 6.45) is 0. The van der Waals surface area contributed by atoms with Crippen molar-refractivity contribution >= 4 is 5.82 Å². The molecule has 0 aromatic carbocycles. The Balaban J connectivity index is 3.18. The third kappa shape index (κ3) is 1.95. The van der Waals surface area contributed by atoms with E-state index in [1.807, 2.05) is 19.9 Å². The highest BCUT2D eigenvalue weighted by Crippen LogP contribution is 2.11. The molecule has 1 aromatic heterocycles. The largest absolute Gasteiger partial charge is 0.251 e. The fourth-order valence-corrected chi connectivity index (χ4v) is 0.917. The van der Waals surface area contributed by atoms with Gasteiger partial charge in [0.25, 0.3) is 0 Å². The zero-order chi connectivity index (χ0) is 8.27. The van der Waals surface area contributed by atoms with E-state index in [1.165, 1.54) is 0 Å². The smallest absolute Gasteiger partial charge is 0.127 e. The highest BCUT2D eigenvalue weighted by Gasteiger charge is 1.92. The Morgan fingerprint density at radius 1 is 1.45 bits per heavy atom. The molecule has 1 rings (SSSR count). The van der Waals surface area contributed by atoms with Crippen molar-refractivity contribution in [3.8, 4) is 0 Å². The highest BCUT2D eigenvalue weighted by atomic mass is 15.2. The van der Waals surface area contributed by atoms with Gasteiger partial charge in [-0.15, -0.1) is 0 Å². The minimum absolute atomic E-state index is 0.435. The molecule has 0 fully saturated rings. The highest BCUT2D eigenvalue weighted by molar-refractivity contribution is 5.32. The summed E-state index contributed by atoms with van der Waals surface area (Å²) < 4.78 is 0. The van der Waals surface area contributed by atoms with Crippen LogP contribution in [0.5, 0.6) is 0 Å². The maximum atomic E-state index is 8.12. The van der Waals surface area contributed by atoms with Crippen LogP contribution in [0.3, 0.4) is 0 Å². The van der Waals surface area contributed by atoms with Crippen molar-refractivity contribution in [2.24, 2.45) is 5.11 Å². The minimum Gasteiger partial charge on any atom is -0.251 e. The third-order valence-corrected chi connectivity index (χ3v) is 1.23. The second-order valence-electron chi connectivity index (χ2n) is 2.33. The first kappa shape index (κ1) is 7.57. The molecule has 0 saturated heterocycles. The summed E-state index contributed by atoms with van der Waals surface area (Å²) in [5.41, 5.74) is 10.0. The van der Waals surface area contributed by atoms with Gasteiger partial charge in [-0.05, 0) is 42.2 Å². The van der Waals surface area contributed by atoms with Gasteiger partial charge >= 0.3 is 0 Å². The molecule has 0 radical (unpaired) electrons. The van der Waals surface area contributed by atoms with E-state index in [-0.39, 0.29) is 0 Å². The van der Waals surface area contributed by atoms with Crippen LogP contribution in [-0.4, -0.2) is 4.98 Å². The number of aromatic nitrogens is 1. The molecule has 0 atom stereocenters. The summed E-state index contributed by atoms with van der Waals surface area (Å²) in [7, 11) is 0. The van der Waals surface area contributed by atoms with Crippen LogP contribution in [0, 0.1) is 13.8 Å². The van der Waals surface area contributed by atoms with Gasteiger partial charge in [-0.3, -0.25) is 4.98 Å². The summed E-state index contributed by atoms with van der Waals surface area (Å²) in [6.45, 7) is 3.80. The van der Waals surface area contributed by atoms with Crippen molar-refractivity contribution in [1.29, 1.82) is 0 Å². The van der Waals surface area contributed by atoms with Crippen LogP contribution in [0.25, 0.3) is 10.4 Å². The molecular formula is C7H8N4. The molecule has 1 heterocycles. The van der Waals surface area contributed by atoms with Crippen LogP contribution in [0.4, 0.5) is 5.82 Å². The Kier molecular flexibility index (Phi) is 2.09. The number of hydrogen-bond acceptors (Lipinski definition) is 2. The van der Waals surface area contributed by atoms with E-state index < -0.39 is 0 Å². The Morgan fingerprint density at radius 3 is 2.73 bits per heavy atom. The normalized spacial score (nSPS) is 8.91. The van der Waals surface area contributed by atoms with Crippen molar-refractivity contribution in [3.63, 3.8) is 0 Å². The molecule has 11 heavy (non-hydrogen) atoms. The van der Waals surface area contributed by atoms with E-state index in [0.717, 1.165) is 11.3 Å². The average Bonchev–Trinajstić information content (AvgIpc) is 1.85. The molecule has 0 saturated carbocycles. The topological polar surface area (TPSA) is 61.7 Å². The van der Waals surface area contributed by atoms with Crippen molar-refractivity contribution in [1.82, 2.24) is 4.98 Å². The lowest BCUT2D eigenvalue weighted by molar-refractivity contribution is 1.15. The first-order chi connectivity index (χ1) is 5.22. The number of aryl methyl sites for hydroxylation is 2. The molecule has 0 aliphatic heterocycles. The molecule has 0 N–H and O–H groups in total. The molecule has 56 valence electrons. The zero-order valence-electron chi connectivity index (χ0n) is 6.44. The average molecular weight is 148 g/mol. The number of hydrogen-bond donors (Lipinski definition) is 0. The van der Waals surface area contributed by atoms with Crippen LogP contribution in [0.1, 0.15) is 11.3 Å². The molecule has 0 bridgehead atoms. The standard InChI is InChI=1S/C7H8N4/c1-5-3-6(2)9-7(4-5)10-11-8/h3-4H,1-2H3. The maximum absolute atomic E-state index is 8.12. The van der Waals surface area contributed by atoms with E-state index in [1.54, 1.807) is 6.07 Å². The van der Waals surface area contributed by atoms with Crippen LogP contribution < -0.4 is 0 Å². The van der Waals surface area contributed by atoms with Gasteiger partial charge in [0.2, 0.25) is 0 Å². The Labute approximate surface area is 64.5 Å². The van der Waals surface area contributed by atoms with Crippen molar-refractivity contribution in [2.75, 3.05) is 0 Å². The predicted molar refractivity (Wildman–Crippen MR) is 42.5 cm³/mol. The summed E-state index contributed by atoms with van der Waals surface area (Å²) in [6, 6.07) is 3.67. The fourth-order valence-electron chi connectivity index (χ4n) is 0.917. The van der Waals surface area contributed by atoms with Crippen molar-refractivity contribution in [3.05, 3.63) is 33.8 Å². The lowest BCUT2D eigenvalue weighted by Gasteiger charge is -1.96. The number of nitrogens with zero attached hydrogens (tertiary/aromatic N) is 4. The number of pyridine rings is 1. The quantitative estimate of drug-likeness (QED) is 0.343. The monoisotopic (exact) mass is 148 g/mol. The first-order valence-corrected chi connectivity index (χ1v) is 3.23. The van der Waals surface area contributed by atoms with Gasteiger partial charge in [0, 0.05) is 10.6 Å². The van der Waals surface area contributed by atoms with Crippen LogP contribution in [0.15, 0.2) is 17.2 Å². The van der Waals surface area contributed by atoms with E-state index >= 15 is 0 Å². The van der Waals surface area contributed by atoms with E-state index in [2.05, 4.69) is 15.0 Å². The van der Waals surface area contributed by atoms with E-state index in [0.29, 0.717) is 5.82 Å². The molecule has 1 aromatic rings. The van der Waals surface area contributed by atoms with Crippen LogP contribution in [0.2, 0.25) is 0 Å². The SMILES string of the molecule is Cc1cc(C)nc(N=[N+]=[N-])c1. The number of azide groups is 1. The molecular weight excluding hydrogens is 140 g/mol. The third-order valence-electron chi connectivity index (χ3n) is 1.23. The molecule has 0 unspecified atom stereocenters. The van der Waals surface area contributed by atoms with Gasteiger partial charge in [-0.25, -0.2) is 0 Å². The van der Waals surface area contributed by atoms with E-state index in [9.17, 15) is 0 Å². The minimum atomic E-state index is 0.435. The first-order valence-electron chi connectivity index (χ1n) is 3.23. The van der Waals surface area contributed by atoms with Crippen LogP contribution in [-0.2, 0) is 0 Å². The molecule has 4 nitrogen and oxygen atoms in total. The second kappa shape index (κ2) is 3.03. The Hall–Kier alpha value is -1.54. The Morgan fingerprint density at radius 2 is 2.18 bits per heavy atom. The van der Waals surface area contributed by atoms with Crippen LogP contribution >= 0.6 is 0 Å². The summed E-state index contributed by atoms with van der Waals surface area (Å²) in [4.78, 5) is 6.65. The van der Waals surface area contributed by atoms with Crippen molar-refractivity contribution in [2.45, 2.75) is 13.8 Å². The van der Waals surface area contributed by atoms with Gasteiger partial charge in [-0.1, -0.05) is 0 Å². The fraction of sp³-hybridized carbons (Fsp3) is 0.286. The Bertz CT molecular complexity index is 292. The lowest BCUT2D eigenvalue weighted by Crippen LogP contribution is -1.81.